The zero-order valence-electron chi connectivity index (χ0n) is 12.6. The Morgan fingerprint density at radius 1 is 1.38 bits per heavy atom. The molecule has 0 aromatic carbocycles. The van der Waals surface area contributed by atoms with Crippen molar-refractivity contribution in [3.63, 3.8) is 0 Å². The molecule has 0 aliphatic rings. The molecule has 21 heavy (non-hydrogen) atoms. The van der Waals surface area contributed by atoms with Gasteiger partial charge >= 0.3 is 0 Å². The maximum Gasteiger partial charge on any atom is 0.263 e. The van der Waals surface area contributed by atoms with Crippen LogP contribution in [0.2, 0.25) is 0 Å². The molecule has 2 aromatic rings. The Kier molecular flexibility index (Phi) is 5.24. The van der Waals surface area contributed by atoms with Gasteiger partial charge in [0, 0.05) is 12.7 Å². The van der Waals surface area contributed by atoms with E-state index in [0.29, 0.717) is 29.7 Å². The average molecular weight is 291 g/mol. The second kappa shape index (κ2) is 7.14. The van der Waals surface area contributed by atoms with Crippen LogP contribution in [0.1, 0.15) is 25.7 Å². The van der Waals surface area contributed by atoms with Gasteiger partial charge in [0.25, 0.3) is 5.89 Å². The molecule has 0 bridgehead atoms. The number of nitrogens with two attached hydrogens (primary N) is 1. The summed E-state index contributed by atoms with van der Waals surface area (Å²) in [6, 6.07) is 3.32. The number of hydrogen-bond donors (Lipinski definition) is 1. The van der Waals surface area contributed by atoms with E-state index in [4.69, 9.17) is 15.0 Å². The van der Waals surface area contributed by atoms with Crippen LogP contribution in [-0.2, 0) is 0 Å². The summed E-state index contributed by atoms with van der Waals surface area (Å²) in [5.41, 5.74) is 6.80. The van der Waals surface area contributed by atoms with Gasteiger partial charge in [0.1, 0.15) is 5.56 Å². The van der Waals surface area contributed by atoms with Crippen LogP contribution in [0.15, 0.2) is 22.9 Å². The lowest BCUT2D eigenvalue weighted by atomic mass is 10.2. The largest absolute Gasteiger partial charge is 0.480 e. The third kappa shape index (κ3) is 3.56. The number of likely N-dealkylation sites (N-methyl/N-ethyl adjacent to an activating group) is 1. The van der Waals surface area contributed by atoms with Gasteiger partial charge in [-0.25, -0.2) is 4.98 Å². The molecule has 0 spiro atoms. The van der Waals surface area contributed by atoms with Crippen LogP contribution in [0, 0.1) is 0 Å². The molecule has 7 heteroatoms. The zero-order chi connectivity index (χ0) is 15.2. The molecule has 114 valence electrons. The molecule has 0 radical (unpaired) electrons. The van der Waals surface area contributed by atoms with Crippen molar-refractivity contribution >= 4 is 0 Å². The van der Waals surface area contributed by atoms with Crippen molar-refractivity contribution in [3.8, 4) is 17.3 Å². The van der Waals surface area contributed by atoms with Crippen molar-refractivity contribution in [2.75, 3.05) is 26.7 Å². The van der Waals surface area contributed by atoms with E-state index in [1.54, 1.807) is 19.4 Å². The summed E-state index contributed by atoms with van der Waals surface area (Å²) < 4.78 is 10.5. The first-order valence-corrected chi connectivity index (χ1v) is 7.00. The van der Waals surface area contributed by atoms with Crippen LogP contribution in [-0.4, -0.2) is 46.8 Å². The number of methoxy groups -OCH3 is 1. The van der Waals surface area contributed by atoms with Crippen LogP contribution in [0.25, 0.3) is 11.5 Å². The van der Waals surface area contributed by atoms with Crippen molar-refractivity contribution in [3.05, 3.63) is 24.2 Å². The zero-order valence-corrected chi connectivity index (χ0v) is 12.6. The Balaban J connectivity index is 2.17. The monoisotopic (exact) mass is 291 g/mol. The summed E-state index contributed by atoms with van der Waals surface area (Å²) in [5, 5.41) is 3.97. The Morgan fingerprint density at radius 2 is 2.14 bits per heavy atom. The van der Waals surface area contributed by atoms with E-state index >= 15 is 0 Å². The number of hydrogen-bond acceptors (Lipinski definition) is 7. The molecular formula is C14H21N5O2. The van der Waals surface area contributed by atoms with Crippen LogP contribution < -0.4 is 10.5 Å². The van der Waals surface area contributed by atoms with Gasteiger partial charge < -0.3 is 19.9 Å². The summed E-state index contributed by atoms with van der Waals surface area (Å²) >= 11 is 0. The topological polar surface area (TPSA) is 90.3 Å². The van der Waals surface area contributed by atoms with Gasteiger partial charge in [-0.2, -0.15) is 4.98 Å². The number of aromatic nitrogens is 3. The molecule has 2 aromatic heterocycles. The third-order valence-corrected chi connectivity index (χ3v) is 3.32. The van der Waals surface area contributed by atoms with E-state index in [2.05, 4.69) is 33.9 Å². The quantitative estimate of drug-likeness (QED) is 0.826. The van der Waals surface area contributed by atoms with Gasteiger partial charge in [-0.05, 0) is 25.2 Å². The predicted octanol–water partition coefficient (Wildman–Crippen LogP) is 1.48. The number of ether oxygens (including phenoxy) is 1. The van der Waals surface area contributed by atoms with Gasteiger partial charge in [-0.1, -0.05) is 19.0 Å². The van der Waals surface area contributed by atoms with Crippen LogP contribution in [0.5, 0.6) is 5.88 Å². The molecule has 0 saturated heterocycles. The minimum atomic E-state index is -0.287. The second-order valence-corrected chi connectivity index (χ2v) is 4.61. The van der Waals surface area contributed by atoms with Gasteiger partial charge in [-0.15, -0.1) is 0 Å². The lowest BCUT2D eigenvalue weighted by molar-refractivity contribution is 0.278. The van der Waals surface area contributed by atoms with E-state index in [9.17, 15) is 0 Å². The Labute approximate surface area is 124 Å². The molecule has 2 rings (SSSR count). The maximum atomic E-state index is 6.14. The van der Waals surface area contributed by atoms with Crippen molar-refractivity contribution < 1.29 is 9.26 Å². The van der Waals surface area contributed by atoms with Crippen molar-refractivity contribution in [2.24, 2.45) is 5.73 Å². The molecule has 0 aliphatic carbocycles. The summed E-state index contributed by atoms with van der Waals surface area (Å²) in [7, 11) is 1.55. The minimum absolute atomic E-state index is 0.287. The number of rotatable bonds is 7. The first-order chi connectivity index (χ1) is 10.2. The summed E-state index contributed by atoms with van der Waals surface area (Å²) in [6.45, 7) is 6.75. The highest BCUT2D eigenvalue weighted by Crippen LogP contribution is 2.26. The normalized spacial score (nSPS) is 12.6. The molecular weight excluding hydrogens is 270 g/mol. The SMILES string of the molecule is CCN(CC)CC(N)c1noc(-c2cccnc2OC)n1. The summed E-state index contributed by atoms with van der Waals surface area (Å²) in [6.07, 6.45) is 1.64. The van der Waals surface area contributed by atoms with Gasteiger partial charge in [0.05, 0.1) is 13.2 Å². The number of nitrogens with zero attached hydrogens (tertiary/aromatic N) is 4. The highest BCUT2D eigenvalue weighted by Gasteiger charge is 2.19. The van der Waals surface area contributed by atoms with Crippen molar-refractivity contribution in [2.45, 2.75) is 19.9 Å². The fourth-order valence-corrected chi connectivity index (χ4v) is 2.05. The van der Waals surface area contributed by atoms with E-state index in [-0.39, 0.29) is 6.04 Å². The smallest absolute Gasteiger partial charge is 0.263 e. The van der Waals surface area contributed by atoms with E-state index in [1.165, 1.54) is 0 Å². The fraction of sp³-hybridized carbons (Fsp3) is 0.500. The van der Waals surface area contributed by atoms with Crippen LogP contribution in [0.3, 0.4) is 0 Å². The van der Waals surface area contributed by atoms with Gasteiger partial charge in [0.15, 0.2) is 5.82 Å². The van der Waals surface area contributed by atoms with Crippen molar-refractivity contribution in [1.29, 1.82) is 0 Å². The maximum absolute atomic E-state index is 6.14. The van der Waals surface area contributed by atoms with E-state index in [0.717, 1.165) is 13.1 Å². The molecule has 2 N–H and O–H groups in total. The standard InChI is InChI=1S/C14H21N5O2/c1-4-19(5-2)9-11(15)12-17-14(21-18-12)10-7-6-8-16-13(10)20-3/h6-8,11H,4-5,9,15H2,1-3H3. The predicted molar refractivity (Wildman–Crippen MR) is 78.8 cm³/mol. The Bertz CT molecular complexity index is 568. The molecule has 0 amide bonds. The molecule has 0 fully saturated rings. The minimum Gasteiger partial charge on any atom is -0.480 e. The summed E-state index contributed by atoms with van der Waals surface area (Å²) in [4.78, 5) is 10.7. The molecule has 0 saturated carbocycles. The fourth-order valence-electron chi connectivity index (χ4n) is 2.05. The highest BCUT2D eigenvalue weighted by atomic mass is 16.5. The lowest BCUT2D eigenvalue weighted by Gasteiger charge is -2.20. The first-order valence-electron chi connectivity index (χ1n) is 7.00. The molecule has 7 nitrogen and oxygen atoms in total. The summed E-state index contributed by atoms with van der Waals surface area (Å²) in [5.74, 6) is 1.30. The van der Waals surface area contributed by atoms with Gasteiger partial charge in [0.2, 0.25) is 5.88 Å². The average Bonchev–Trinajstić information content (AvgIpc) is 3.02. The molecule has 0 aliphatic heterocycles. The van der Waals surface area contributed by atoms with E-state index in [1.807, 2.05) is 6.07 Å². The van der Waals surface area contributed by atoms with Crippen LogP contribution in [0.4, 0.5) is 0 Å². The van der Waals surface area contributed by atoms with Crippen molar-refractivity contribution in [1.82, 2.24) is 20.0 Å². The number of pyridine rings is 1. The Hall–Kier alpha value is -1.99. The highest BCUT2D eigenvalue weighted by molar-refractivity contribution is 5.59. The molecule has 1 unspecified atom stereocenters. The first kappa shape index (κ1) is 15.4. The van der Waals surface area contributed by atoms with Crippen LogP contribution >= 0.6 is 0 Å². The second-order valence-electron chi connectivity index (χ2n) is 4.61. The van der Waals surface area contributed by atoms with Gasteiger partial charge in [-0.3, -0.25) is 0 Å². The molecule has 2 heterocycles. The lowest BCUT2D eigenvalue weighted by Crippen LogP contribution is -2.32. The Morgan fingerprint density at radius 3 is 2.81 bits per heavy atom. The van der Waals surface area contributed by atoms with E-state index < -0.39 is 0 Å². The third-order valence-electron chi connectivity index (χ3n) is 3.32. The molecule has 1 atom stereocenters.